The number of nitrogens with zero attached hydrogens (tertiary/aromatic N) is 2. The van der Waals surface area contributed by atoms with Crippen LogP contribution in [0.1, 0.15) is 5.56 Å². The molecule has 1 amide bonds. The van der Waals surface area contributed by atoms with Gasteiger partial charge in [0.05, 0.1) is 22.2 Å². The summed E-state index contributed by atoms with van der Waals surface area (Å²) in [6, 6.07) is 10.8. The molecule has 0 bridgehead atoms. The van der Waals surface area contributed by atoms with Gasteiger partial charge in [0.25, 0.3) is 0 Å². The van der Waals surface area contributed by atoms with E-state index < -0.39 is 0 Å². The standard InChI is InChI=1S/C21H19Cl5N2O2/c22-15-3-1-14(2-4-15)11-20(29)28-8-6-27(7-9-28)18-13-16(12-17(23)21(18)26)30-10-5-19(24)25/h1-5,12-13H,6-11H2. The van der Waals surface area contributed by atoms with Crippen molar-refractivity contribution in [2.24, 2.45) is 0 Å². The fraction of sp³-hybridized carbons (Fsp3) is 0.286. The molecule has 0 radical (unpaired) electrons. The van der Waals surface area contributed by atoms with Crippen LogP contribution in [0.2, 0.25) is 15.1 Å². The molecule has 2 aromatic rings. The Hall–Kier alpha value is -1.30. The van der Waals surface area contributed by atoms with Gasteiger partial charge in [-0.05, 0) is 23.8 Å². The molecule has 30 heavy (non-hydrogen) atoms. The van der Waals surface area contributed by atoms with Crippen molar-refractivity contribution in [3.63, 3.8) is 0 Å². The molecule has 0 N–H and O–H groups in total. The molecule has 9 heteroatoms. The number of hydrogen-bond donors (Lipinski definition) is 0. The van der Waals surface area contributed by atoms with Crippen molar-refractivity contribution < 1.29 is 9.53 Å². The molecule has 1 heterocycles. The van der Waals surface area contributed by atoms with Crippen LogP contribution >= 0.6 is 58.0 Å². The maximum atomic E-state index is 12.6. The number of amides is 1. The Kier molecular flexibility index (Phi) is 8.44. The van der Waals surface area contributed by atoms with E-state index in [1.807, 2.05) is 23.1 Å². The zero-order chi connectivity index (χ0) is 21.7. The highest BCUT2D eigenvalue weighted by Crippen LogP contribution is 2.37. The van der Waals surface area contributed by atoms with Crippen LogP contribution in [0, 0.1) is 0 Å². The van der Waals surface area contributed by atoms with E-state index in [1.54, 1.807) is 18.2 Å². The Labute approximate surface area is 200 Å². The van der Waals surface area contributed by atoms with E-state index in [0.717, 1.165) is 11.3 Å². The summed E-state index contributed by atoms with van der Waals surface area (Å²) in [5, 5.41) is 1.51. The number of rotatable bonds is 6. The lowest BCUT2D eigenvalue weighted by molar-refractivity contribution is -0.130. The number of hydrogen-bond acceptors (Lipinski definition) is 3. The summed E-state index contributed by atoms with van der Waals surface area (Å²) in [5.74, 6) is 0.648. The van der Waals surface area contributed by atoms with Crippen LogP contribution in [0.5, 0.6) is 5.75 Å². The first-order valence-corrected chi connectivity index (χ1v) is 11.1. The zero-order valence-electron chi connectivity index (χ0n) is 15.9. The summed E-state index contributed by atoms with van der Waals surface area (Å²) in [4.78, 5) is 16.6. The number of ether oxygens (including phenoxy) is 1. The molecular weight excluding hydrogens is 490 g/mol. The van der Waals surface area contributed by atoms with Crippen molar-refractivity contribution in [1.82, 2.24) is 4.90 Å². The van der Waals surface area contributed by atoms with Crippen molar-refractivity contribution in [2.45, 2.75) is 6.42 Å². The van der Waals surface area contributed by atoms with Gasteiger partial charge in [-0.25, -0.2) is 0 Å². The van der Waals surface area contributed by atoms with Gasteiger partial charge in [-0.3, -0.25) is 4.79 Å². The first-order chi connectivity index (χ1) is 14.3. The van der Waals surface area contributed by atoms with Gasteiger partial charge in [0.1, 0.15) is 16.8 Å². The number of anilines is 1. The lowest BCUT2D eigenvalue weighted by Crippen LogP contribution is -2.49. The van der Waals surface area contributed by atoms with Gasteiger partial charge in [-0.15, -0.1) is 0 Å². The number of carbonyl (C=O) groups is 1. The fourth-order valence-electron chi connectivity index (χ4n) is 3.15. The number of carbonyl (C=O) groups excluding carboxylic acids is 1. The van der Waals surface area contributed by atoms with Crippen LogP contribution in [0.15, 0.2) is 47.0 Å². The molecule has 2 aromatic carbocycles. The molecule has 0 aromatic heterocycles. The second-order valence-electron chi connectivity index (χ2n) is 6.71. The van der Waals surface area contributed by atoms with Gasteiger partial charge in [-0.1, -0.05) is 70.1 Å². The number of halogens is 5. The first kappa shape index (κ1) is 23.4. The summed E-state index contributed by atoms with van der Waals surface area (Å²) in [5.41, 5.74) is 1.71. The lowest BCUT2D eigenvalue weighted by atomic mass is 10.1. The Balaban J connectivity index is 1.62. The van der Waals surface area contributed by atoms with E-state index in [9.17, 15) is 4.79 Å². The predicted molar refractivity (Wildman–Crippen MR) is 126 cm³/mol. The van der Waals surface area contributed by atoms with Crippen molar-refractivity contribution in [3.05, 3.63) is 67.6 Å². The van der Waals surface area contributed by atoms with E-state index in [0.29, 0.717) is 53.4 Å². The Morgan fingerprint density at radius 2 is 1.67 bits per heavy atom. The number of piperazine rings is 1. The molecule has 0 spiro atoms. The first-order valence-electron chi connectivity index (χ1n) is 9.23. The largest absolute Gasteiger partial charge is 0.489 e. The van der Waals surface area contributed by atoms with Crippen molar-refractivity contribution in [3.8, 4) is 5.75 Å². The minimum absolute atomic E-state index is 0.0860. The summed E-state index contributed by atoms with van der Waals surface area (Å²) < 4.78 is 5.76. The van der Waals surface area contributed by atoms with Crippen LogP contribution in [0.25, 0.3) is 0 Å². The average molecular weight is 509 g/mol. The quantitative estimate of drug-likeness (QED) is 0.463. The van der Waals surface area contributed by atoms with E-state index >= 15 is 0 Å². The molecule has 1 saturated heterocycles. The maximum absolute atomic E-state index is 12.6. The molecule has 0 atom stereocenters. The minimum Gasteiger partial charge on any atom is -0.489 e. The molecule has 1 aliphatic rings. The average Bonchev–Trinajstić information content (AvgIpc) is 2.72. The normalized spacial score (nSPS) is 13.9. The third kappa shape index (κ3) is 6.35. The minimum atomic E-state index is 0.0860. The van der Waals surface area contributed by atoms with Crippen molar-refractivity contribution >= 4 is 69.6 Å². The van der Waals surface area contributed by atoms with Crippen LogP contribution in [0.3, 0.4) is 0 Å². The van der Waals surface area contributed by atoms with E-state index in [4.69, 9.17) is 62.7 Å². The molecular formula is C21H19Cl5N2O2. The summed E-state index contributed by atoms with van der Waals surface area (Å²) in [7, 11) is 0. The highest BCUT2D eigenvalue weighted by atomic mass is 35.5. The molecule has 1 aliphatic heterocycles. The van der Waals surface area contributed by atoms with Crippen molar-refractivity contribution in [1.29, 1.82) is 0 Å². The van der Waals surface area contributed by atoms with Crippen molar-refractivity contribution in [2.75, 3.05) is 37.7 Å². The Morgan fingerprint density at radius 1 is 1.00 bits per heavy atom. The van der Waals surface area contributed by atoms with Gasteiger partial charge in [-0.2, -0.15) is 0 Å². The van der Waals surface area contributed by atoms with Crippen LogP contribution in [-0.2, 0) is 11.2 Å². The molecule has 3 rings (SSSR count). The van der Waals surface area contributed by atoms with Crippen LogP contribution in [-0.4, -0.2) is 43.6 Å². The second-order valence-corrected chi connectivity index (χ2v) is 8.94. The molecule has 1 fully saturated rings. The van der Waals surface area contributed by atoms with Gasteiger partial charge in [0, 0.05) is 43.3 Å². The van der Waals surface area contributed by atoms with E-state index in [2.05, 4.69) is 4.90 Å². The van der Waals surface area contributed by atoms with Gasteiger partial charge in [0.2, 0.25) is 5.91 Å². The third-order valence-corrected chi connectivity index (χ3v) is 6.06. The van der Waals surface area contributed by atoms with E-state index in [-0.39, 0.29) is 17.0 Å². The summed E-state index contributed by atoms with van der Waals surface area (Å²) in [6.07, 6.45) is 1.89. The molecule has 0 aliphatic carbocycles. The zero-order valence-corrected chi connectivity index (χ0v) is 19.7. The second kappa shape index (κ2) is 10.8. The monoisotopic (exact) mass is 506 g/mol. The summed E-state index contributed by atoms with van der Waals surface area (Å²) >= 11 is 29.8. The third-order valence-electron chi connectivity index (χ3n) is 4.71. The Bertz CT molecular complexity index is 922. The maximum Gasteiger partial charge on any atom is 0.227 e. The molecule has 0 saturated carbocycles. The highest BCUT2D eigenvalue weighted by Gasteiger charge is 2.24. The smallest absolute Gasteiger partial charge is 0.227 e. The Morgan fingerprint density at radius 3 is 2.30 bits per heavy atom. The fourth-order valence-corrected chi connectivity index (χ4v) is 3.84. The van der Waals surface area contributed by atoms with E-state index in [1.165, 1.54) is 6.08 Å². The molecule has 160 valence electrons. The predicted octanol–water partition coefficient (Wildman–Crippen LogP) is 6.24. The summed E-state index contributed by atoms with van der Waals surface area (Å²) in [6.45, 7) is 2.68. The van der Waals surface area contributed by atoms with Gasteiger partial charge >= 0.3 is 0 Å². The SMILES string of the molecule is O=C(Cc1ccc(Cl)cc1)N1CCN(c2cc(OCC=C(Cl)Cl)cc(Cl)c2Cl)CC1. The van der Waals surface area contributed by atoms with Crippen LogP contribution < -0.4 is 9.64 Å². The highest BCUT2D eigenvalue weighted by molar-refractivity contribution is 6.55. The lowest BCUT2D eigenvalue weighted by Gasteiger charge is -2.36. The topological polar surface area (TPSA) is 32.8 Å². The number of benzene rings is 2. The van der Waals surface area contributed by atoms with Crippen LogP contribution in [0.4, 0.5) is 5.69 Å². The van der Waals surface area contributed by atoms with Gasteiger partial charge < -0.3 is 14.5 Å². The molecule has 0 unspecified atom stereocenters. The van der Waals surface area contributed by atoms with Gasteiger partial charge in [0.15, 0.2) is 0 Å². The molecule has 4 nitrogen and oxygen atoms in total.